The van der Waals surface area contributed by atoms with Crippen LogP contribution in [0.15, 0.2) is 36.9 Å². The summed E-state index contributed by atoms with van der Waals surface area (Å²) in [6.45, 7) is 3.09. The largest absolute Gasteiger partial charge is 0.363 e. The highest BCUT2D eigenvalue weighted by molar-refractivity contribution is 5.93. The van der Waals surface area contributed by atoms with Crippen molar-refractivity contribution in [2.45, 2.75) is 6.42 Å². The fourth-order valence-electron chi connectivity index (χ4n) is 3.02. The third kappa shape index (κ3) is 4.51. The lowest BCUT2D eigenvalue weighted by Gasteiger charge is -2.24. The molecule has 1 N–H and O–H groups in total. The van der Waals surface area contributed by atoms with E-state index in [9.17, 15) is 4.79 Å². The molecule has 2 aromatic rings. The molecule has 132 valence electrons. The van der Waals surface area contributed by atoms with Crippen LogP contribution in [0.5, 0.6) is 0 Å². The average Bonchev–Trinajstić information content (AvgIpc) is 2.87. The summed E-state index contributed by atoms with van der Waals surface area (Å²) >= 11 is 0. The van der Waals surface area contributed by atoms with Gasteiger partial charge < -0.3 is 15.1 Å². The Balaban J connectivity index is 1.70. The van der Waals surface area contributed by atoms with Crippen LogP contribution in [-0.2, 0) is 6.42 Å². The van der Waals surface area contributed by atoms with E-state index in [1.54, 1.807) is 24.8 Å². The molecule has 0 bridgehead atoms. The van der Waals surface area contributed by atoms with Gasteiger partial charge in [-0.1, -0.05) is 0 Å². The van der Waals surface area contributed by atoms with Crippen LogP contribution in [0.25, 0.3) is 0 Å². The van der Waals surface area contributed by atoms with Gasteiger partial charge in [-0.05, 0) is 24.5 Å². The molecule has 2 aromatic heterocycles. The second-order valence-corrected chi connectivity index (χ2v) is 6.53. The van der Waals surface area contributed by atoms with Crippen molar-refractivity contribution in [3.8, 4) is 0 Å². The van der Waals surface area contributed by atoms with Crippen LogP contribution in [0.2, 0.25) is 0 Å². The first kappa shape index (κ1) is 17.3. The average molecular weight is 340 g/mol. The molecule has 0 aliphatic carbocycles. The second kappa shape index (κ2) is 8.02. The fraction of sp³-hybridized carbons (Fsp3) is 0.444. The third-order valence-electron chi connectivity index (χ3n) is 4.33. The summed E-state index contributed by atoms with van der Waals surface area (Å²) in [6, 6.07) is 5.62. The monoisotopic (exact) mass is 340 g/mol. The number of anilines is 1. The first-order chi connectivity index (χ1) is 12.1. The number of amides is 1. The maximum Gasteiger partial charge on any atom is 0.255 e. The SMILES string of the molecule is CN(C)c1cc(CC2CNCCN(C(=O)c3cccnc3)C2)ncn1. The van der Waals surface area contributed by atoms with Crippen molar-refractivity contribution < 1.29 is 4.79 Å². The molecule has 25 heavy (non-hydrogen) atoms. The number of pyridine rings is 1. The first-order valence-electron chi connectivity index (χ1n) is 8.52. The highest BCUT2D eigenvalue weighted by Crippen LogP contribution is 2.15. The topological polar surface area (TPSA) is 74.2 Å². The number of carbonyl (C=O) groups excluding carboxylic acids is 1. The van der Waals surface area contributed by atoms with Crippen LogP contribution in [-0.4, -0.2) is 66.0 Å². The van der Waals surface area contributed by atoms with E-state index in [0.717, 1.165) is 31.0 Å². The van der Waals surface area contributed by atoms with Gasteiger partial charge in [-0.2, -0.15) is 0 Å². The molecule has 1 atom stereocenters. The summed E-state index contributed by atoms with van der Waals surface area (Å²) < 4.78 is 0. The molecule has 1 amide bonds. The van der Waals surface area contributed by atoms with Crippen LogP contribution in [0.3, 0.4) is 0 Å². The Kier molecular flexibility index (Phi) is 5.55. The Hall–Kier alpha value is -2.54. The van der Waals surface area contributed by atoms with Crippen LogP contribution in [0, 0.1) is 5.92 Å². The molecule has 3 heterocycles. The van der Waals surface area contributed by atoms with Crippen molar-refractivity contribution in [3.05, 3.63) is 48.2 Å². The zero-order chi connectivity index (χ0) is 17.6. The molecule has 1 unspecified atom stereocenters. The van der Waals surface area contributed by atoms with Gasteiger partial charge in [0.1, 0.15) is 12.1 Å². The summed E-state index contributed by atoms with van der Waals surface area (Å²) in [5.41, 5.74) is 1.64. The molecule has 7 heteroatoms. The molecule has 0 saturated carbocycles. The highest BCUT2D eigenvalue weighted by Gasteiger charge is 2.23. The van der Waals surface area contributed by atoms with Gasteiger partial charge in [-0.3, -0.25) is 9.78 Å². The van der Waals surface area contributed by atoms with Gasteiger partial charge in [0.2, 0.25) is 0 Å². The molecular formula is C18H24N6O. The van der Waals surface area contributed by atoms with Crippen molar-refractivity contribution in [1.82, 2.24) is 25.2 Å². The second-order valence-electron chi connectivity index (χ2n) is 6.53. The van der Waals surface area contributed by atoms with Gasteiger partial charge in [0.05, 0.1) is 5.56 Å². The van der Waals surface area contributed by atoms with E-state index < -0.39 is 0 Å². The molecule has 1 saturated heterocycles. The van der Waals surface area contributed by atoms with E-state index in [0.29, 0.717) is 24.6 Å². The summed E-state index contributed by atoms with van der Waals surface area (Å²) in [7, 11) is 3.93. The molecule has 0 aromatic carbocycles. The number of aromatic nitrogens is 3. The zero-order valence-electron chi connectivity index (χ0n) is 14.7. The molecule has 7 nitrogen and oxygen atoms in total. The summed E-state index contributed by atoms with van der Waals surface area (Å²) in [4.78, 5) is 29.3. The lowest BCUT2D eigenvalue weighted by molar-refractivity contribution is 0.0746. The fourth-order valence-corrected chi connectivity index (χ4v) is 3.02. The molecule has 3 rings (SSSR count). The van der Waals surface area contributed by atoms with Crippen molar-refractivity contribution >= 4 is 11.7 Å². The van der Waals surface area contributed by atoms with Gasteiger partial charge >= 0.3 is 0 Å². The molecule has 1 aliphatic heterocycles. The maximum absolute atomic E-state index is 12.7. The van der Waals surface area contributed by atoms with Crippen molar-refractivity contribution in [2.75, 3.05) is 45.2 Å². The highest BCUT2D eigenvalue weighted by atomic mass is 16.2. The van der Waals surface area contributed by atoms with Gasteiger partial charge in [0.15, 0.2) is 0 Å². The van der Waals surface area contributed by atoms with E-state index in [1.807, 2.05) is 36.0 Å². The van der Waals surface area contributed by atoms with Gasteiger partial charge in [0.25, 0.3) is 5.91 Å². The zero-order valence-corrected chi connectivity index (χ0v) is 14.7. The standard InChI is InChI=1S/C18H24N6O/c1-23(2)17-9-16(21-13-22-17)8-14-10-20-6-7-24(12-14)18(25)15-4-3-5-19-11-15/h3-5,9,11,13-14,20H,6-8,10,12H2,1-2H3. The van der Waals surface area contributed by atoms with E-state index in [2.05, 4.69) is 20.3 Å². The Morgan fingerprint density at radius 1 is 1.40 bits per heavy atom. The number of hydrogen-bond donors (Lipinski definition) is 1. The minimum Gasteiger partial charge on any atom is -0.363 e. The molecular weight excluding hydrogens is 316 g/mol. The molecule has 0 spiro atoms. The Morgan fingerprint density at radius 3 is 3.04 bits per heavy atom. The summed E-state index contributed by atoms with van der Waals surface area (Å²) in [5.74, 6) is 1.25. The van der Waals surface area contributed by atoms with E-state index in [-0.39, 0.29) is 5.91 Å². The van der Waals surface area contributed by atoms with Gasteiger partial charge in [-0.15, -0.1) is 0 Å². The smallest absolute Gasteiger partial charge is 0.255 e. The third-order valence-corrected chi connectivity index (χ3v) is 4.33. The first-order valence-corrected chi connectivity index (χ1v) is 8.52. The van der Waals surface area contributed by atoms with Crippen LogP contribution >= 0.6 is 0 Å². The number of carbonyl (C=O) groups is 1. The summed E-state index contributed by atoms with van der Waals surface area (Å²) in [6.07, 6.45) is 5.73. The molecule has 1 fully saturated rings. The van der Waals surface area contributed by atoms with Crippen molar-refractivity contribution in [2.24, 2.45) is 5.92 Å². The minimum atomic E-state index is 0.0402. The normalized spacial score (nSPS) is 17.8. The van der Waals surface area contributed by atoms with Crippen LogP contribution in [0.4, 0.5) is 5.82 Å². The number of hydrogen-bond acceptors (Lipinski definition) is 6. The van der Waals surface area contributed by atoms with E-state index in [4.69, 9.17) is 0 Å². The summed E-state index contributed by atoms with van der Waals surface area (Å²) in [5, 5.41) is 3.43. The minimum absolute atomic E-state index is 0.0402. The predicted molar refractivity (Wildman–Crippen MR) is 96.6 cm³/mol. The van der Waals surface area contributed by atoms with Gasteiger partial charge in [0, 0.05) is 64.4 Å². The lowest BCUT2D eigenvalue weighted by atomic mass is 10.0. The van der Waals surface area contributed by atoms with E-state index >= 15 is 0 Å². The van der Waals surface area contributed by atoms with Crippen LogP contribution in [0.1, 0.15) is 16.1 Å². The number of rotatable bonds is 4. The van der Waals surface area contributed by atoms with Crippen molar-refractivity contribution in [3.63, 3.8) is 0 Å². The quantitative estimate of drug-likeness (QED) is 0.889. The molecule has 0 radical (unpaired) electrons. The Bertz CT molecular complexity index is 706. The van der Waals surface area contributed by atoms with Crippen LogP contribution < -0.4 is 10.2 Å². The number of nitrogens with zero attached hydrogens (tertiary/aromatic N) is 5. The number of nitrogens with one attached hydrogen (secondary N) is 1. The van der Waals surface area contributed by atoms with Crippen molar-refractivity contribution in [1.29, 1.82) is 0 Å². The van der Waals surface area contributed by atoms with Gasteiger partial charge in [-0.25, -0.2) is 9.97 Å². The Labute approximate surface area is 148 Å². The maximum atomic E-state index is 12.7. The predicted octanol–water partition coefficient (Wildman–Crippen LogP) is 0.842. The lowest BCUT2D eigenvalue weighted by Crippen LogP contribution is -2.36. The molecule has 1 aliphatic rings. The van der Waals surface area contributed by atoms with E-state index in [1.165, 1.54) is 0 Å². The Morgan fingerprint density at radius 2 is 2.28 bits per heavy atom.